The van der Waals surface area contributed by atoms with Crippen LogP contribution in [0.5, 0.6) is 0 Å². The SMILES string of the molecule is CC(C)(C)CN1c2ccc(Cl)cc2C(c2ccccc2Cl)OCC1CC(=O)OC(C)(C)C. The highest BCUT2D eigenvalue weighted by Gasteiger charge is 2.35. The average Bonchev–Trinajstić information content (AvgIpc) is 2.77. The minimum atomic E-state index is -0.539. The Morgan fingerprint density at radius 3 is 2.38 bits per heavy atom. The molecule has 4 nitrogen and oxygen atoms in total. The van der Waals surface area contributed by atoms with E-state index in [0.29, 0.717) is 16.7 Å². The Kier molecular flexibility index (Phi) is 7.48. The number of benzene rings is 2. The average molecular weight is 478 g/mol. The van der Waals surface area contributed by atoms with Crippen LogP contribution in [0, 0.1) is 5.41 Å². The summed E-state index contributed by atoms with van der Waals surface area (Å²) in [6.45, 7) is 13.3. The molecule has 0 bridgehead atoms. The van der Waals surface area contributed by atoms with Crippen molar-refractivity contribution in [2.45, 2.75) is 65.7 Å². The molecule has 2 atom stereocenters. The Hall–Kier alpha value is -1.75. The molecule has 2 aromatic rings. The summed E-state index contributed by atoms with van der Waals surface area (Å²) in [5.74, 6) is -0.239. The van der Waals surface area contributed by atoms with E-state index < -0.39 is 5.60 Å². The molecule has 1 heterocycles. The van der Waals surface area contributed by atoms with Gasteiger partial charge in [0.15, 0.2) is 0 Å². The normalized spacial score (nSPS) is 19.3. The maximum Gasteiger partial charge on any atom is 0.308 e. The number of carbonyl (C=O) groups excluding carboxylic acids is 1. The molecule has 0 fully saturated rings. The van der Waals surface area contributed by atoms with Crippen molar-refractivity contribution in [3.8, 4) is 0 Å². The number of carbonyl (C=O) groups is 1. The summed E-state index contributed by atoms with van der Waals surface area (Å²) in [5, 5.41) is 1.27. The summed E-state index contributed by atoms with van der Waals surface area (Å²) >= 11 is 13.0. The van der Waals surface area contributed by atoms with Crippen LogP contribution >= 0.6 is 23.2 Å². The zero-order chi connectivity index (χ0) is 23.7. The number of esters is 1. The minimum Gasteiger partial charge on any atom is -0.460 e. The van der Waals surface area contributed by atoms with E-state index in [1.807, 2.05) is 63.2 Å². The lowest BCUT2D eigenvalue weighted by atomic mass is 9.93. The minimum absolute atomic E-state index is 0.00663. The van der Waals surface area contributed by atoms with E-state index >= 15 is 0 Å². The fraction of sp³-hybridized carbons (Fsp3) is 0.500. The quantitative estimate of drug-likeness (QED) is 0.441. The monoisotopic (exact) mass is 477 g/mol. The number of hydrogen-bond donors (Lipinski definition) is 0. The second-order valence-electron chi connectivity index (χ2n) is 10.6. The molecular weight excluding hydrogens is 445 g/mol. The molecule has 174 valence electrons. The standard InChI is InChI=1S/C26H33Cl2NO3/c1-25(2,3)16-29-18(14-23(30)32-26(4,5)6)15-31-24(19-9-7-8-10-21(19)28)20-13-17(27)11-12-22(20)29/h7-13,18,24H,14-16H2,1-6H3. The van der Waals surface area contributed by atoms with Gasteiger partial charge in [-0.05, 0) is 50.5 Å². The summed E-state index contributed by atoms with van der Waals surface area (Å²) in [7, 11) is 0. The Labute approximate surface area is 201 Å². The van der Waals surface area contributed by atoms with Gasteiger partial charge in [0.25, 0.3) is 0 Å². The smallest absolute Gasteiger partial charge is 0.308 e. The van der Waals surface area contributed by atoms with Crippen molar-refractivity contribution in [2.75, 3.05) is 18.1 Å². The van der Waals surface area contributed by atoms with Crippen LogP contribution in [0.4, 0.5) is 5.69 Å². The van der Waals surface area contributed by atoms with Gasteiger partial charge in [-0.2, -0.15) is 0 Å². The van der Waals surface area contributed by atoms with Gasteiger partial charge in [0.05, 0.1) is 19.1 Å². The zero-order valence-electron chi connectivity index (χ0n) is 19.7. The number of fused-ring (bicyclic) bond motifs is 1. The van der Waals surface area contributed by atoms with Crippen LogP contribution < -0.4 is 4.90 Å². The molecule has 0 radical (unpaired) electrons. The number of ether oxygens (including phenoxy) is 2. The Bertz CT molecular complexity index is 962. The van der Waals surface area contributed by atoms with E-state index in [2.05, 4.69) is 25.7 Å². The molecule has 0 amide bonds. The molecule has 0 aliphatic carbocycles. The summed E-state index contributed by atoms with van der Waals surface area (Å²) in [5.41, 5.74) is 2.28. The van der Waals surface area contributed by atoms with Gasteiger partial charge in [0.1, 0.15) is 11.7 Å². The third-order valence-electron chi connectivity index (χ3n) is 5.13. The largest absolute Gasteiger partial charge is 0.460 e. The van der Waals surface area contributed by atoms with Crippen LogP contribution in [-0.4, -0.2) is 30.8 Å². The van der Waals surface area contributed by atoms with Crippen molar-refractivity contribution in [3.63, 3.8) is 0 Å². The second-order valence-corrected chi connectivity index (χ2v) is 11.4. The number of halogens is 2. The number of nitrogens with zero attached hydrogens (tertiary/aromatic N) is 1. The zero-order valence-corrected chi connectivity index (χ0v) is 21.3. The molecule has 0 aromatic heterocycles. The number of anilines is 1. The highest BCUT2D eigenvalue weighted by molar-refractivity contribution is 6.31. The first-order chi connectivity index (χ1) is 14.8. The van der Waals surface area contributed by atoms with Crippen LogP contribution in [0.25, 0.3) is 0 Å². The molecule has 2 unspecified atom stereocenters. The molecule has 1 aliphatic rings. The predicted octanol–water partition coefficient (Wildman–Crippen LogP) is 7.07. The van der Waals surface area contributed by atoms with Gasteiger partial charge in [0.2, 0.25) is 0 Å². The van der Waals surface area contributed by atoms with Gasteiger partial charge in [-0.15, -0.1) is 0 Å². The van der Waals surface area contributed by atoms with Crippen molar-refractivity contribution in [1.29, 1.82) is 0 Å². The molecule has 2 aromatic carbocycles. The van der Waals surface area contributed by atoms with E-state index in [1.54, 1.807) is 0 Å². The van der Waals surface area contributed by atoms with Crippen molar-refractivity contribution in [1.82, 2.24) is 0 Å². The lowest BCUT2D eigenvalue weighted by Crippen LogP contribution is -2.44. The van der Waals surface area contributed by atoms with Crippen molar-refractivity contribution < 1.29 is 14.3 Å². The summed E-state index contributed by atoms with van der Waals surface area (Å²) in [4.78, 5) is 15.0. The molecule has 1 aliphatic heterocycles. The van der Waals surface area contributed by atoms with Crippen LogP contribution in [-0.2, 0) is 14.3 Å². The lowest BCUT2D eigenvalue weighted by Gasteiger charge is -2.37. The molecule has 6 heteroatoms. The van der Waals surface area contributed by atoms with E-state index in [9.17, 15) is 4.79 Å². The molecule has 0 saturated carbocycles. The van der Waals surface area contributed by atoms with E-state index in [0.717, 1.165) is 23.4 Å². The number of hydrogen-bond acceptors (Lipinski definition) is 4. The molecule has 3 rings (SSSR count). The molecule has 32 heavy (non-hydrogen) atoms. The third kappa shape index (κ3) is 6.40. The summed E-state index contributed by atoms with van der Waals surface area (Å²) < 4.78 is 12.1. The highest BCUT2D eigenvalue weighted by Crippen LogP contribution is 2.42. The van der Waals surface area contributed by atoms with E-state index in [1.165, 1.54) is 0 Å². The molecular formula is C26H33Cl2NO3. The molecule has 0 saturated heterocycles. The summed E-state index contributed by atoms with van der Waals surface area (Å²) in [6, 6.07) is 13.3. The van der Waals surface area contributed by atoms with Gasteiger partial charge in [-0.1, -0.05) is 62.2 Å². The predicted molar refractivity (Wildman–Crippen MR) is 132 cm³/mol. The van der Waals surface area contributed by atoms with Crippen molar-refractivity contribution >= 4 is 34.9 Å². The Balaban J connectivity index is 2.07. The fourth-order valence-corrected chi connectivity index (χ4v) is 4.41. The van der Waals surface area contributed by atoms with E-state index in [4.69, 9.17) is 32.7 Å². The third-order valence-corrected chi connectivity index (χ3v) is 5.71. The Morgan fingerprint density at radius 2 is 1.75 bits per heavy atom. The first kappa shape index (κ1) is 24.9. The first-order valence-corrected chi connectivity index (χ1v) is 11.7. The van der Waals surface area contributed by atoms with Gasteiger partial charge in [0, 0.05) is 33.4 Å². The van der Waals surface area contributed by atoms with Gasteiger partial charge < -0.3 is 14.4 Å². The van der Waals surface area contributed by atoms with Crippen LogP contribution in [0.3, 0.4) is 0 Å². The van der Waals surface area contributed by atoms with Gasteiger partial charge >= 0.3 is 5.97 Å². The van der Waals surface area contributed by atoms with E-state index in [-0.39, 0.29) is 30.0 Å². The number of rotatable bonds is 4. The Morgan fingerprint density at radius 1 is 1.06 bits per heavy atom. The first-order valence-electron chi connectivity index (χ1n) is 11.0. The highest BCUT2D eigenvalue weighted by atomic mass is 35.5. The van der Waals surface area contributed by atoms with Crippen molar-refractivity contribution in [3.05, 3.63) is 63.6 Å². The topological polar surface area (TPSA) is 38.8 Å². The summed E-state index contributed by atoms with van der Waals surface area (Å²) in [6.07, 6.45) is -0.159. The molecule has 0 N–H and O–H groups in total. The second kappa shape index (κ2) is 9.62. The van der Waals surface area contributed by atoms with Gasteiger partial charge in [-0.3, -0.25) is 4.79 Å². The fourth-order valence-electron chi connectivity index (χ4n) is 4.00. The van der Waals surface area contributed by atoms with Crippen LogP contribution in [0.1, 0.15) is 65.2 Å². The lowest BCUT2D eigenvalue weighted by molar-refractivity contribution is -0.155. The van der Waals surface area contributed by atoms with Crippen molar-refractivity contribution in [2.24, 2.45) is 5.41 Å². The van der Waals surface area contributed by atoms with Crippen LogP contribution in [0.15, 0.2) is 42.5 Å². The maximum atomic E-state index is 12.8. The molecule has 0 spiro atoms. The maximum absolute atomic E-state index is 12.8. The van der Waals surface area contributed by atoms with Crippen LogP contribution in [0.2, 0.25) is 10.0 Å². The van der Waals surface area contributed by atoms with Gasteiger partial charge in [-0.25, -0.2) is 0 Å².